The molecule has 1 atom stereocenters. The summed E-state index contributed by atoms with van der Waals surface area (Å²) >= 11 is 0. The SMILES string of the molecule is CN(C)CCn1ccnc1[C@H]1CCCN(c2ccc(C(F)(F)F)cn2)C1. The van der Waals surface area contributed by atoms with Gasteiger partial charge in [0.2, 0.25) is 0 Å². The van der Waals surface area contributed by atoms with Crippen molar-refractivity contribution in [3.05, 3.63) is 42.1 Å². The van der Waals surface area contributed by atoms with Crippen molar-refractivity contribution < 1.29 is 13.2 Å². The molecule has 3 heterocycles. The molecule has 1 fully saturated rings. The Labute approximate surface area is 151 Å². The van der Waals surface area contributed by atoms with Crippen LogP contribution in [0.5, 0.6) is 0 Å². The maximum absolute atomic E-state index is 12.7. The molecule has 0 radical (unpaired) electrons. The number of rotatable bonds is 5. The molecule has 0 bridgehead atoms. The first-order chi connectivity index (χ1) is 12.3. The molecule has 0 aliphatic carbocycles. The molecule has 3 rings (SSSR count). The molecule has 1 saturated heterocycles. The highest BCUT2D eigenvalue weighted by molar-refractivity contribution is 5.41. The second kappa shape index (κ2) is 7.65. The predicted octanol–water partition coefficient (Wildman–Crippen LogP) is 3.24. The first kappa shape index (κ1) is 18.7. The molecule has 1 aliphatic heterocycles. The third-order valence-corrected chi connectivity index (χ3v) is 4.72. The summed E-state index contributed by atoms with van der Waals surface area (Å²) in [5, 5.41) is 0. The molecule has 0 spiro atoms. The number of nitrogens with zero attached hydrogens (tertiary/aromatic N) is 5. The van der Waals surface area contributed by atoms with Gasteiger partial charge in [0, 0.05) is 50.7 Å². The molecule has 2 aromatic rings. The van der Waals surface area contributed by atoms with E-state index >= 15 is 0 Å². The molecule has 142 valence electrons. The molecule has 0 unspecified atom stereocenters. The summed E-state index contributed by atoms with van der Waals surface area (Å²) in [4.78, 5) is 12.8. The number of hydrogen-bond donors (Lipinski definition) is 0. The van der Waals surface area contributed by atoms with Crippen molar-refractivity contribution in [1.29, 1.82) is 0 Å². The number of aromatic nitrogens is 3. The van der Waals surface area contributed by atoms with E-state index in [2.05, 4.69) is 24.3 Å². The van der Waals surface area contributed by atoms with E-state index in [4.69, 9.17) is 0 Å². The Balaban J connectivity index is 1.71. The summed E-state index contributed by atoms with van der Waals surface area (Å²) in [6.45, 7) is 3.32. The van der Waals surface area contributed by atoms with Crippen molar-refractivity contribution >= 4 is 5.82 Å². The van der Waals surface area contributed by atoms with E-state index in [0.29, 0.717) is 5.82 Å². The lowest BCUT2D eigenvalue weighted by atomic mass is 9.97. The molecule has 5 nitrogen and oxygen atoms in total. The molecular formula is C18H24F3N5. The maximum atomic E-state index is 12.7. The molecular weight excluding hydrogens is 343 g/mol. The summed E-state index contributed by atoms with van der Waals surface area (Å²) in [6, 6.07) is 2.56. The van der Waals surface area contributed by atoms with Crippen LogP contribution in [0.2, 0.25) is 0 Å². The van der Waals surface area contributed by atoms with Crippen LogP contribution in [-0.2, 0) is 12.7 Å². The largest absolute Gasteiger partial charge is 0.417 e. The van der Waals surface area contributed by atoms with Gasteiger partial charge in [0.25, 0.3) is 0 Å². The Kier molecular flexibility index (Phi) is 5.50. The minimum Gasteiger partial charge on any atom is -0.356 e. The average molecular weight is 367 g/mol. The fourth-order valence-corrected chi connectivity index (χ4v) is 3.31. The average Bonchev–Trinajstić information content (AvgIpc) is 3.08. The van der Waals surface area contributed by atoms with Gasteiger partial charge in [-0.25, -0.2) is 9.97 Å². The Morgan fingerprint density at radius 3 is 2.69 bits per heavy atom. The summed E-state index contributed by atoms with van der Waals surface area (Å²) < 4.78 is 40.3. The highest BCUT2D eigenvalue weighted by Gasteiger charge is 2.31. The zero-order valence-corrected chi connectivity index (χ0v) is 15.1. The molecule has 26 heavy (non-hydrogen) atoms. The minimum atomic E-state index is -4.35. The Hall–Kier alpha value is -2.09. The van der Waals surface area contributed by atoms with Crippen LogP contribution in [0.15, 0.2) is 30.7 Å². The number of halogens is 3. The third-order valence-electron chi connectivity index (χ3n) is 4.72. The number of anilines is 1. The fraction of sp³-hybridized carbons (Fsp3) is 0.556. The Morgan fingerprint density at radius 2 is 2.04 bits per heavy atom. The van der Waals surface area contributed by atoms with Gasteiger partial charge in [-0.3, -0.25) is 0 Å². The van der Waals surface area contributed by atoms with Crippen molar-refractivity contribution in [2.45, 2.75) is 31.5 Å². The number of pyridine rings is 1. The second-order valence-electron chi connectivity index (χ2n) is 6.97. The fourth-order valence-electron chi connectivity index (χ4n) is 3.31. The van der Waals surface area contributed by atoms with Crippen LogP contribution in [0, 0.1) is 0 Å². The van der Waals surface area contributed by atoms with E-state index in [9.17, 15) is 13.2 Å². The topological polar surface area (TPSA) is 37.2 Å². The van der Waals surface area contributed by atoms with Crippen molar-refractivity contribution in [3.63, 3.8) is 0 Å². The molecule has 1 aliphatic rings. The monoisotopic (exact) mass is 367 g/mol. The van der Waals surface area contributed by atoms with Gasteiger partial charge < -0.3 is 14.4 Å². The molecule has 8 heteroatoms. The lowest BCUT2D eigenvalue weighted by Gasteiger charge is -2.33. The minimum absolute atomic E-state index is 0.255. The normalized spacial score (nSPS) is 18.5. The van der Waals surface area contributed by atoms with Crippen LogP contribution in [0.1, 0.15) is 30.1 Å². The highest BCUT2D eigenvalue weighted by atomic mass is 19.4. The quantitative estimate of drug-likeness (QED) is 0.813. The van der Waals surface area contributed by atoms with Crippen molar-refractivity contribution in [1.82, 2.24) is 19.4 Å². The highest BCUT2D eigenvalue weighted by Crippen LogP contribution is 2.31. The standard InChI is InChI=1S/C18H24F3N5/c1-24(2)10-11-25-9-7-22-17(25)14-4-3-8-26(13-14)16-6-5-15(12-23-16)18(19,20)21/h5-7,9,12,14H,3-4,8,10-11,13H2,1-2H3/t14-/m0/s1. The van der Waals surface area contributed by atoms with Gasteiger partial charge in [0.1, 0.15) is 11.6 Å². The van der Waals surface area contributed by atoms with Crippen LogP contribution in [0.4, 0.5) is 19.0 Å². The molecule has 0 saturated carbocycles. The number of hydrogen-bond acceptors (Lipinski definition) is 4. The number of likely N-dealkylation sites (N-methyl/N-ethyl adjacent to an activating group) is 1. The Bertz CT molecular complexity index is 708. The van der Waals surface area contributed by atoms with E-state index in [-0.39, 0.29) is 5.92 Å². The van der Waals surface area contributed by atoms with Gasteiger partial charge in [-0.15, -0.1) is 0 Å². The molecule has 0 N–H and O–H groups in total. The van der Waals surface area contributed by atoms with E-state index in [1.165, 1.54) is 6.07 Å². The number of piperidine rings is 1. The molecule has 2 aromatic heterocycles. The van der Waals surface area contributed by atoms with Crippen LogP contribution in [-0.4, -0.2) is 53.2 Å². The lowest BCUT2D eigenvalue weighted by Crippen LogP contribution is -2.36. The van der Waals surface area contributed by atoms with Crippen molar-refractivity contribution in [2.75, 3.05) is 38.6 Å². The second-order valence-corrected chi connectivity index (χ2v) is 6.97. The van der Waals surface area contributed by atoms with E-state index in [0.717, 1.165) is 57.1 Å². The van der Waals surface area contributed by atoms with Gasteiger partial charge in [-0.1, -0.05) is 0 Å². The van der Waals surface area contributed by atoms with Crippen LogP contribution >= 0.6 is 0 Å². The zero-order chi connectivity index (χ0) is 18.7. The molecule has 0 amide bonds. The first-order valence-corrected chi connectivity index (χ1v) is 8.78. The first-order valence-electron chi connectivity index (χ1n) is 8.78. The van der Waals surface area contributed by atoms with E-state index in [1.54, 1.807) is 0 Å². The van der Waals surface area contributed by atoms with Gasteiger partial charge in [0.15, 0.2) is 0 Å². The lowest BCUT2D eigenvalue weighted by molar-refractivity contribution is -0.137. The van der Waals surface area contributed by atoms with Gasteiger partial charge in [-0.2, -0.15) is 13.2 Å². The van der Waals surface area contributed by atoms with E-state index in [1.807, 2.05) is 26.5 Å². The smallest absolute Gasteiger partial charge is 0.356 e. The molecule has 0 aromatic carbocycles. The van der Waals surface area contributed by atoms with Crippen LogP contribution < -0.4 is 4.90 Å². The zero-order valence-electron chi connectivity index (χ0n) is 15.1. The number of imidazole rings is 1. The van der Waals surface area contributed by atoms with Gasteiger partial charge >= 0.3 is 6.18 Å². The van der Waals surface area contributed by atoms with Crippen molar-refractivity contribution in [3.8, 4) is 0 Å². The summed E-state index contributed by atoms with van der Waals surface area (Å²) in [5.74, 6) is 1.89. The Morgan fingerprint density at radius 1 is 1.23 bits per heavy atom. The van der Waals surface area contributed by atoms with Crippen LogP contribution in [0.25, 0.3) is 0 Å². The van der Waals surface area contributed by atoms with Gasteiger partial charge in [0.05, 0.1) is 5.56 Å². The van der Waals surface area contributed by atoms with Gasteiger partial charge in [-0.05, 0) is 39.1 Å². The van der Waals surface area contributed by atoms with Crippen molar-refractivity contribution in [2.24, 2.45) is 0 Å². The maximum Gasteiger partial charge on any atom is 0.417 e. The third kappa shape index (κ3) is 4.35. The van der Waals surface area contributed by atoms with Crippen LogP contribution in [0.3, 0.4) is 0 Å². The summed E-state index contributed by atoms with van der Waals surface area (Å²) in [6.07, 6.45) is 2.36. The number of alkyl halides is 3. The predicted molar refractivity (Wildman–Crippen MR) is 94.2 cm³/mol. The van der Waals surface area contributed by atoms with E-state index < -0.39 is 11.7 Å². The summed E-state index contributed by atoms with van der Waals surface area (Å²) in [7, 11) is 4.07. The summed E-state index contributed by atoms with van der Waals surface area (Å²) in [5.41, 5.74) is -0.714.